The van der Waals surface area contributed by atoms with Crippen molar-refractivity contribution in [3.05, 3.63) is 212 Å². The Morgan fingerprint density at radius 1 is 0.259 bits per heavy atom. The summed E-state index contributed by atoms with van der Waals surface area (Å²) in [5.41, 5.74) is 14.7. The number of anilines is 3. The van der Waals surface area contributed by atoms with Crippen molar-refractivity contribution in [3.8, 4) is 44.5 Å². The van der Waals surface area contributed by atoms with Gasteiger partial charge in [0.15, 0.2) is 0 Å². The molecule has 0 unspecified atom stereocenters. The summed E-state index contributed by atoms with van der Waals surface area (Å²) in [7, 11) is 0. The van der Waals surface area contributed by atoms with Gasteiger partial charge in [0.05, 0.1) is 0 Å². The highest BCUT2D eigenvalue weighted by Crippen LogP contribution is 2.39. The Bertz CT molecular complexity index is 2890. The minimum Gasteiger partial charge on any atom is -0.456 e. The van der Waals surface area contributed by atoms with Crippen molar-refractivity contribution in [3.63, 3.8) is 0 Å². The van der Waals surface area contributed by atoms with E-state index in [1.807, 2.05) is 12.1 Å². The monoisotopic (exact) mass is 689 g/mol. The first kappa shape index (κ1) is 31.6. The summed E-state index contributed by atoms with van der Waals surface area (Å²) in [6.07, 6.45) is 0. The molecule has 0 N–H and O–H groups in total. The van der Waals surface area contributed by atoms with Gasteiger partial charge in [-0.05, 0) is 116 Å². The zero-order valence-corrected chi connectivity index (χ0v) is 29.6. The molecule has 9 aromatic carbocycles. The number of benzene rings is 9. The fraction of sp³-hybridized carbons (Fsp3) is 0. The molecule has 0 aliphatic heterocycles. The van der Waals surface area contributed by atoms with Crippen LogP contribution in [0, 0.1) is 0 Å². The third-order valence-electron chi connectivity index (χ3n) is 10.5. The molecule has 0 atom stereocenters. The van der Waals surface area contributed by atoms with E-state index in [4.69, 9.17) is 4.42 Å². The zero-order chi connectivity index (χ0) is 35.8. The number of nitrogens with zero attached hydrogens (tertiary/aromatic N) is 1. The van der Waals surface area contributed by atoms with Crippen LogP contribution in [0.3, 0.4) is 0 Å². The van der Waals surface area contributed by atoms with Crippen molar-refractivity contribution in [1.82, 2.24) is 0 Å². The van der Waals surface area contributed by atoms with Gasteiger partial charge < -0.3 is 9.32 Å². The highest BCUT2D eigenvalue weighted by atomic mass is 16.3. The molecule has 10 aromatic rings. The molecule has 0 fully saturated rings. The van der Waals surface area contributed by atoms with E-state index >= 15 is 0 Å². The molecule has 10 rings (SSSR count). The van der Waals surface area contributed by atoms with Gasteiger partial charge in [0.2, 0.25) is 0 Å². The highest BCUT2D eigenvalue weighted by Gasteiger charge is 2.15. The Kier molecular flexibility index (Phi) is 7.85. The summed E-state index contributed by atoms with van der Waals surface area (Å²) in [6.45, 7) is 0. The van der Waals surface area contributed by atoms with E-state index in [1.165, 1.54) is 44.3 Å². The largest absolute Gasteiger partial charge is 0.456 e. The van der Waals surface area contributed by atoms with Gasteiger partial charge in [-0.1, -0.05) is 152 Å². The zero-order valence-electron chi connectivity index (χ0n) is 29.6. The SMILES string of the molecule is c1ccc(-c2ccc(-c3ccc(N(c4ccc(-c5ccc6cc7c(cc6c5)oc5ccccc57)cc4)c4cccc(-c5ccccc5)c4)cc3)cc2)cc1. The fourth-order valence-corrected chi connectivity index (χ4v) is 7.64. The van der Waals surface area contributed by atoms with Crippen LogP contribution in [0.15, 0.2) is 217 Å². The third kappa shape index (κ3) is 5.90. The molecule has 0 aliphatic carbocycles. The van der Waals surface area contributed by atoms with Gasteiger partial charge in [-0.15, -0.1) is 0 Å². The second-order valence-electron chi connectivity index (χ2n) is 13.8. The van der Waals surface area contributed by atoms with Crippen LogP contribution >= 0.6 is 0 Å². The summed E-state index contributed by atoms with van der Waals surface area (Å²) in [6, 6.07) is 75.9. The molecule has 0 aliphatic rings. The fourth-order valence-electron chi connectivity index (χ4n) is 7.64. The van der Waals surface area contributed by atoms with Crippen LogP contribution in [-0.4, -0.2) is 0 Å². The molecule has 2 heteroatoms. The Labute approximate surface area is 314 Å². The van der Waals surface area contributed by atoms with Crippen LogP contribution in [0.2, 0.25) is 0 Å². The molecule has 0 spiro atoms. The molecule has 54 heavy (non-hydrogen) atoms. The lowest BCUT2D eigenvalue weighted by Crippen LogP contribution is -2.10. The minimum atomic E-state index is 0.916. The van der Waals surface area contributed by atoms with Crippen LogP contribution in [0.4, 0.5) is 17.1 Å². The van der Waals surface area contributed by atoms with Crippen LogP contribution in [0.1, 0.15) is 0 Å². The average molecular weight is 690 g/mol. The second-order valence-corrected chi connectivity index (χ2v) is 13.8. The number of para-hydroxylation sites is 1. The molecular weight excluding hydrogens is 655 g/mol. The maximum absolute atomic E-state index is 6.22. The van der Waals surface area contributed by atoms with Gasteiger partial charge in [0.25, 0.3) is 0 Å². The molecule has 254 valence electrons. The molecule has 1 heterocycles. The maximum Gasteiger partial charge on any atom is 0.136 e. The van der Waals surface area contributed by atoms with Crippen molar-refractivity contribution >= 4 is 49.8 Å². The van der Waals surface area contributed by atoms with E-state index < -0.39 is 0 Å². The van der Waals surface area contributed by atoms with Crippen molar-refractivity contribution in [1.29, 1.82) is 0 Å². The number of furan rings is 1. The standard InChI is InChI=1S/C52H35NO/c1-3-10-36(11-4-1)38-18-20-39(21-19-38)40-24-28-46(29-25-40)53(48-15-9-14-42(33-48)37-12-5-2-6-13-37)47-30-26-41(27-31-47)43-22-23-44-34-50-49-16-7-8-17-51(49)54-52(50)35-45(44)32-43/h1-35H. The van der Waals surface area contributed by atoms with Crippen LogP contribution < -0.4 is 4.90 Å². The maximum atomic E-state index is 6.22. The van der Waals surface area contributed by atoms with Gasteiger partial charge in [0, 0.05) is 27.8 Å². The summed E-state index contributed by atoms with van der Waals surface area (Å²) in [5.74, 6) is 0. The lowest BCUT2D eigenvalue weighted by atomic mass is 9.99. The first-order valence-electron chi connectivity index (χ1n) is 18.4. The quantitative estimate of drug-likeness (QED) is 0.166. The predicted molar refractivity (Wildman–Crippen MR) is 228 cm³/mol. The molecule has 0 saturated heterocycles. The predicted octanol–water partition coefficient (Wildman–Crippen LogP) is 14.9. The Balaban J connectivity index is 1.00. The molecular formula is C52H35NO. The Morgan fingerprint density at radius 2 is 0.741 bits per heavy atom. The lowest BCUT2D eigenvalue weighted by molar-refractivity contribution is 0.669. The van der Waals surface area contributed by atoms with Crippen LogP contribution in [0.5, 0.6) is 0 Å². The van der Waals surface area contributed by atoms with E-state index in [0.29, 0.717) is 0 Å². The van der Waals surface area contributed by atoms with Gasteiger partial charge >= 0.3 is 0 Å². The molecule has 1 aromatic heterocycles. The van der Waals surface area contributed by atoms with Gasteiger partial charge in [-0.2, -0.15) is 0 Å². The van der Waals surface area contributed by atoms with Gasteiger partial charge in [-0.25, -0.2) is 0 Å². The second kappa shape index (κ2) is 13.4. The van der Waals surface area contributed by atoms with E-state index in [2.05, 4.69) is 205 Å². The topological polar surface area (TPSA) is 16.4 Å². The lowest BCUT2D eigenvalue weighted by Gasteiger charge is -2.26. The summed E-state index contributed by atoms with van der Waals surface area (Å²) in [4.78, 5) is 2.34. The van der Waals surface area contributed by atoms with E-state index in [-0.39, 0.29) is 0 Å². The smallest absolute Gasteiger partial charge is 0.136 e. The summed E-state index contributed by atoms with van der Waals surface area (Å²) in [5, 5.41) is 4.67. The summed E-state index contributed by atoms with van der Waals surface area (Å²) >= 11 is 0. The highest BCUT2D eigenvalue weighted by molar-refractivity contribution is 6.10. The Morgan fingerprint density at radius 3 is 1.39 bits per heavy atom. The summed E-state index contributed by atoms with van der Waals surface area (Å²) < 4.78 is 6.22. The first-order chi connectivity index (χ1) is 26.7. The van der Waals surface area contributed by atoms with E-state index in [9.17, 15) is 0 Å². The van der Waals surface area contributed by atoms with Crippen molar-refractivity contribution in [2.24, 2.45) is 0 Å². The number of rotatable bonds is 7. The van der Waals surface area contributed by atoms with Crippen molar-refractivity contribution in [2.45, 2.75) is 0 Å². The number of fused-ring (bicyclic) bond motifs is 4. The van der Waals surface area contributed by atoms with Crippen LogP contribution in [-0.2, 0) is 0 Å². The minimum absolute atomic E-state index is 0.916. The third-order valence-corrected chi connectivity index (χ3v) is 10.5. The number of hydrogen-bond donors (Lipinski definition) is 0. The molecule has 0 amide bonds. The first-order valence-corrected chi connectivity index (χ1v) is 18.4. The van der Waals surface area contributed by atoms with Crippen molar-refractivity contribution in [2.75, 3.05) is 4.90 Å². The average Bonchev–Trinajstić information content (AvgIpc) is 3.61. The van der Waals surface area contributed by atoms with E-state index in [0.717, 1.165) is 50.0 Å². The normalized spacial score (nSPS) is 11.3. The molecule has 0 bridgehead atoms. The van der Waals surface area contributed by atoms with Crippen molar-refractivity contribution < 1.29 is 4.42 Å². The molecule has 0 radical (unpaired) electrons. The molecule has 0 saturated carbocycles. The Hall–Kier alpha value is -7.16. The molecule has 2 nitrogen and oxygen atoms in total. The van der Waals surface area contributed by atoms with Gasteiger partial charge in [0.1, 0.15) is 11.2 Å². The van der Waals surface area contributed by atoms with Crippen LogP contribution in [0.25, 0.3) is 77.2 Å². The van der Waals surface area contributed by atoms with E-state index in [1.54, 1.807) is 0 Å². The number of hydrogen-bond acceptors (Lipinski definition) is 2. The van der Waals surface area contributed by atoms with Gasteiger partial charge in [-0.3, -0.25) is 0 Å².